The third-order valence-corrected chi connectivity index (χ3v) is 2.89. The summed E-state index contributed by atoms with van der Waals surface area (Å²) in [7, 11) is 0. The molecule has 0 radical (unpaired) electrons. The molecule has 82 valence electrons. The first-order valence-electron chi connectivity index (χ1n) is 5.08. The zero-order valence-corrected chi connectivity index (χ0v) is 8.86. The minimum atomic E-state index is -0.748. The van der Waals surface area contributed by atoms with Crippen molar-refractivity contribution in [2.45, 2.75) is 32.3 Å². The van der Waals surface area contributed by atoms with Crippen LogP contribution in [0.3, 0.4) is 0 Å². The third kappa shape index (κ3) is 3.27. The van der Waals surface area contributed by atoms with E-state index in [2.05, 4.69) is 4.90 Å². The molecule has 1 aliphatic rings. The number of aliphatic hydroxyl groups is 1. The number of hydrogen-bond donors (Lipinski definition) is 2. The summed E-state index contributed by atoms with van der Waals surface area (Å²) in [6.45, 7) is 5.74. The number of piperidine rings is 1. The summed E-state index contributed by atoms with van der Waals surface area (Å²) in [6, 6.07) is 0. The molecular formula is C10H19NO3. The van der Waals surface area contributed by atoms with Gasteiger partial charge >= 0.3 is 5.97 Å². The summed E-state index contributed by atoms with van der Waals surface area (Å²) >= 11 is 0. The van der Waals surface area contributed by atoms with Gasteiger partial charge in [0.15, 0.2) is 0 Å². The lowest BCUT2D eigenvalue weighted by atomic mass is 9.93. The van der Waals surface area contributed by atoms with Gasteiger partial charge in [-0.1, -0.05) is 6.92 Å². The zero-order valence-electron chi connectivity index (χ0n) is 8.86. The van der Waals surface area contributed by atoms with Crippen molar-refractivity contribution in [2.75, 3.05) is 19.6 Å². The average Bonchev–Trinajstić information content (AvgIpc) is 2.08. The molecule has 14 heavy (non-hydrogen) atoms. The summed E-state index contributed by atoms with van der Waals surface area (Å²) in [5, 5.41) is 18.4. The molecule has 4 heteroatoms. The molecule has 1 atom stereocenters. The Morgan fingerprint density at radius 1 is 1.50 bits per heavy atom. The predicted octanol–water partition coefficient (Wildman–Crippen LogP) is 0.554. The predicted molar refractivity (Wildman–Crippen MR) is 53.1 cm³/mol. The molecule has 0 spiro atoms. The maximum Gasteiger partial charge on any atom is 0.307 e. The maximum absolute atomic E-state index is 10.6. The molecule has 0 aromatic rings. The van der Waals surface area contributed by atoms with E-state index >= 15 is 0 Å². The molecule has 1 fully saturated rings. The highest BCUT2D eigenvalue weighted by Gasteiger charge is 2.28. The summed E-state index contributed by atoms with van der Waals surface area (Å²) in [5.41, 5.74) is -0.553. The highest BCUT2D eigenvalue weighted by atomic mass is 16.4. The van der Waals surface area contributed by atoms with Crippen LogP contribution in [0.2, 0.25) is 0 Å². The molecule has 0 aromatic carbocycles. The van der Waals surface area contributed by atoms with Crippen molar-refractivity contribution in [3.05, 3.63) is 0 Å². The Hall–Kier alpha value is -0.610. The number of rotatable bonds is 3. The van der Waals surface area contributed by atoms with E-state index in [1.807, 2.05) is 6.92 Å². The largest absolute Gasteiger partial charge is 0.481 e. The minimum Gasteiger partial charge on any atom is -0.481 e. The second-order valence-electron chi connectivity index (χ2n) is 4.54. The van der Waals surface area contributed by atoms with Gasteiger partial charge in [-0.25, -0.2) is 0 Å². The van der Waals surface area contributed by atoms with Crippen molar-refractivity contribution < 1.29 is 15.0 Å². The van der Waals surface area contributed by atoms with Gasteiger partial charge < -0.3 is 15.1 Å². The van der Waals surface area contributed by atoms with Crippen LogP contribution in [-0.4, -0.2) is 46.3 Å². The van der Waals surface area contributed by atoms with E-state index in [1.165, 1.54) is 0 Å². The van der Waals surface area contributed by atoms with Crippen LogP contribution in [-0.2, 0) is 4.79 Å². The van der Waals surface area contributed by atoms with Gasteiger partial charge in [0.1, 0.15) is 0 Å². The van der Waals surface area contributed by atoms with Gasteiger partial charge in [0.2, 0.25) is 0 Å². The van der Waals surface area contributed by atoms with Gasteiger partial charge in [0.05, 0.1) is 11.5 Å². The SMILES string of the molecule is CC(CN1CCC(C)(O)CC1)C(=O)O. The first-order valence-corrected chi connectivity index (χ1v) is 5.08. The number of likely N-dealkylation sites (tertiary alicyclic amines) is 1. The molecule has 4 nitrogen and oxygen atoms in total. The van der Waals surface area contributed by atoms with Crippen LogP contribution in [0.5, 0.6) is 0 Å². The van der Waals surface area contributed by atoms with E-state index in [0.29, 0.717) is 6.54 Å². The molecule has 1 heterocycles. The number of carboxylic acid groups (broad SMARTS) is 1. The van der Waals surface area contributed by atoms with E-state index in [9.17, 15) is 9.90 Å². The van der Waals surface area contributed by atoms with Crippen molar-refractivity contribution in [1.29, 1.82) is 0 Å². The number of aliphatic carboxylic acids is 1. The van der Waals surface area contributed by atoms with E-state index in [-0.39, 0.29) is 5.92 Å². The van der Waals surface area contributed by atoms with E-state index in [1.54, 1.807) is 6.92 Å². The Labute approximate surface area is 84.5 Å². The lowest BCUT2D eigenvalue weighted by Crippen LogP contribution is -2.44. The molecule has 0 bridgehead atoms. The summed E-state index contributed by atoms with van der Waals surface area (Å²) in [6.07, 6.45) is 1.47. The fraction of sp³-hybridized carbons (Fsp3) is 0.900. The van der Waals surface area contributed by atoms with Crippen LogP contribution in [0, 0.1) is 5.92 Å². The quantitative estimate of drug-likeness (QED) is 0.700. The maximum atomic E-state index is 10.6. The van der Waals surface area contributed by atoms with E-state index < -0.39 is 11.6 Å². The highest BCUT2D eigenvalue weighted by molar-refractivity contribution is 5.69. The standard InChI is InChI=1S/C10H19NO3/c1-8(9(12)13)7-11-5-3-10(2,14)4-6-11/h8,14H,3-7H2,1-2H3,(H,12,13). The van der Waals surface area contributed by atoms with Crippen LogP contribution < -0.4 is 0 Å². The lowest BCUT2D eigenvalue weighted by molar-refractivity contribution is -0.142. The minimum absolute atomic E-state index is 0.321. The molecule has 1 unspecified atom stereocenters. The van der Waals surface area contributed by atoms with E-state index in [0.717, 1.165) is 25.9 Å². The topological polar surface area (TPSA) is 60.8 Å². The van der Waals surface area contributed by atoms with Crippen LogP contribution in [0.15, 0.2) is 0 Å². The number of hydrogen-bond acceptors (Lipinski definition) is 3. The first kappa shape index (κ1) is 11.5. The normalized spacial score (nSPS) is 24.5. The van der Waals surface area contributed by atoms with Crippen LogP contribution in [0.25, 0.3) is 0 Å². The second-order valence-corrected chi connectivity index (χ2v) is 4.54. The average molecular weight is 201 g/mol. The highest BCUT2D eigenvalue weighted by Crippen LogP contribution is 2.21. The van der Waals surface area contributed by atoms with Gasteiger partial charge in [-0.05, 0) is 19.8 Å². The molecular weight excluding hydrogens is 182 g/mol. The Bertz CT molecular complexity index is 205. The monoisotopic (exact) mass is 201 g/mol. The molecule has 0 saturated carbocycles. The van der Waals surface area contributed by atoms with Crippen molar-refractivity contribution >= 4 is 5.97 Å². The zero-order chi connectivity index (χ0) is 10.8. The van der Waals surface area contributed by atoms with Gasteiger partial charge in [-0.15, -0.1) is 0 Å². The van der Waals surface area contributed by atoms with Gasteiger partial charge in [-0.2, -0.15) is 0 Å². The van der Waals surface area contributed by atoms with Crippen molar-refractivity contribution in [3.8, 4) is 0 Å². The first-order chi connectivity index (χ1) is 6.41. The van der Waals surface area contributed by atoms with Crippen LogP contribution in [0.1, 0.15) is 26.7 Å². The third-order valence-electron chi connectivity index (χ3n) is 2.89. The second kappa shape index (κ2) is 4.28. The smallest absolute Gasteiger partial charge is 0.307 e. The van der Waals surface area contributed by atoms with Gasteiger partial charge in [0.25, 0.3) is 0 Å². The summed E-state index contributed by atoms with van der Waals surface area (Å²) in [5.74, 6) is -1.07. The summed E-state index contributed by atoms with van der Waals surface area (Å²) in [4.78, 5) is 12.7. The molecule has 1 aliphatic heterocycles. The van der Waals surface area contributed by atoms with Crippen molar-refractivity contribution in [3.63, 3.8) is 0 Å². The van der Waals surface area contributed by atoms with Gasteiger partial charge in [-0.3, -0.25) is 4.79 Å². The number of carboxylic acids is 1. The van der Waals surface area contributed by atoms with E-state index in [4.69, 9.17) is 5.11 Å². The molecule has 0 aliphatic carbocycles. The van der Waals surface area contributed by atoms with Crippen LogP contribution >= 0.6 is 0 Å². The van der Waals surface area contributed by atoms with Crippen molar-refractivity contribution in [2.24, 2.45) is 5.92 Å². The lowest BCUT2D eigenvalue weighted by Gasteiger charge is -2.36. The Kier molecular flexibility index (Phi) is 3.50. The molecule has 0 aromatic heterocycles. The Balaban J connectivity index is 2.32. The van der Waals surface area contributed by atoms with Gasteiger partial charge in [0, 0.05) is 19.6 Å². The number of carbonyl (C=O) groups is 1. The Morgan fingerprint density at radius 3 is 2.43 bits per heavy atom. The molecule has 1 rings (SSSR count). The van der Waals surface area contributed by atoms with Crippen LogP contribution in [0.4, 0.5) is 0 Å². The fourth-order valence-corrected chi connectivity index (χ4v) is 1.68. The number of nitrogens with zero attached hydrogens (tertiary/aromatic N) is 1. The molecule has 1 saturated heterocycles. The molecule has 2 N–H and O–H groups in total. The Morgan fingerprint density at radius 2 is 2.00 bits per heavy atom. The summed E-state index contributed by atoms with van der Waals surface area (Å²) < 4.78 is 0. The fourth-order valence-electron chi connectivity index (χ4n) is 1.68. The van der Waals surface area contributed by atoms with Crippen molar-refractivity contribution in [1.82, 2.24) is 4.90 Å². The molecule has 0 amide bonds.